The van der Waals surface area contributed by atoms with Gasteiger partial charge in [0.2, 0.25) is 0 Å². The molecule has 0 aliphatic heterocycles. The van der Waals surface area contributed by atoms with Crippen LogP contribution in [-0.4, -0.2) is 4.98 Å². The fourth-order valence-electron chi connectivity index (χ4n) is 1.04. The van der Waals surface area contributed by atoms with E-state index in [4.69, 9.17) is 4.42 Å². The van der Waals surface area contributed by atoms with Crippen molar-refractivity contribution in [1.82, 2.24) is 4.98 Å². The van der Waals surface area contributed by atoms with Crippen molar-refractivity contribution in [2.75, 3.05) is 0 Å². The van der Waals surface area contributed by atoms with E-state index in [-0.39, 0.29) is 0 Å². The molecule has 55 valence electrons. The van der Waals surface area contributed by atoms with Gasteiger partial charge in [-0.1, -0.05) is 6.92 Å². The van der Waals surface area contributed by atoms with Crippen LogP contribution in [0.15, 0.2) is 22.9 Å². The summed E-state index contributed by atoms with van der Waals surface area (Å²) in [5.41, 5.74) is 2.86. The van der Waals surface area contributed by atoms with Crippen molar-refractivity contribution in [3.05, 3.63) is 30.2 Å². The van der Waals surface area contributed by atoms with E-state index >= 15 is 0 Å². The van der Waals surface area contributed by atoms with Crippen LogP contribution in [0.2, 0.25) is 0 Å². The molecule has 1 aromatic heterocycles. The van der Waals surface area contributed by atoms with E-state index in [1.165, 1.54) is 12.0 Å². The highest BCUT2D eigenvalue weighted by Crippen LogP contribution is 2.13. The molecule has 0 bridgehead atoms. The Kier molecular flexibility index (Phi) is 1.39. The Hall–Kier alpha value is -1.31. The monoisotopic (exact) mass is 146 g/mol. The van der Waals surface area contributed by atoms with Gasteiger partial charge >= 0.3 is 0 Å². The summed E-state index contributed by atoms with van der Waals surface area (Å²) < 4.78 is 5.12. The summed E-state index contributed by atoms with van der Waals surface area (Å²) in [4.78, 5) is 3.97. The second-order valence-corrected chi connectivity index (χ2v) is 2.43. The zero-order valence-corrected chi connectivity index (χ0v) is 6.29. The van der Waals surface area contributed by atoms with Crippen LogP contribution in [0.25, 0.3) is 11.1 Å². The van der Waals surface area contributed by atoms with Crippen LogP contribution in [0.5, 0.6) is 0 Å². The van der Waals surface area contributed by atoms with Gasteiger partial charge in [0.15, 0.2) is 12.0 Å². The van der Waals surface area contributed by atoms with Crippen LogP contribution in [0.3, 0.4) is 0 Å². The molecule has 0 saturated carbocycles. The first-order chi connectivity index (χ1) is 5.40. The molecular weight excluding hydrogens is 138 g/mol. The molecule has 2 heteroatoms. The van der Waals surface area contributed by atoms with Crippen molar-refractivity contribution in [3.8, 4) is 0 Å². The third-order valence-electron chi connectivity index (χ3n) is 1.71. The molecule has 2 rings (SSSR count). The van der Waals surface area contributed by atoms with Crippen molar-refractivity contribution in [1.29, 1.82) is 0 Å². The van der Waals surface area contributed by atoms with Gasteiger partial charge in [0.1, 0.15) is 5.52 Å². The maximum absolute atomic E-state index is 5.12. The van der Waals surface area contributed by atoms with Crippen LogP contribution < -0.4 is 0 Å². The summed E-state index contributed by atoms with van der Waals surface area (Å²) >= 11 is 0. The Balaban J connectivity index is 2.67. The van der Waals surface area contributed by atoms with Gasteiger partial charge in [-0.2, -0.15) is 0 Å². The van der Waals surface area contributed by atoms with Gasteiger partial charge in [-0.25, -0.2) is 4.98 Å². The minimum Gasteiger partial charge on any atom is -0.443 e. The van der Waals surface area contributed by atoms with E-state index in [2.05, 4.69) is 18.0 Å². The summed E-state index contributed by atoms with van der Waals surface area (Å²) in [6, 6.07) is 6.99. The first-order valence-electron chi connectivity index (χ1n) is 3.64. The summed E-state index contributed by atoms with van der Waals surface area (Å²) in [7, 11) is 0. The topological polar surface area (TPSA) is 26.0 Å². The number of oxazole rings is 1. The lowest BCUT2D eigenvalue weighted by molar-refractivity contribution is 0.601. The number of hydrogen-bond donors (Lipinski definition) is 0. The summed E-state index contributed by atoms with van der Waals surface area (Å²) in [5, 5.41) is 0. The zero-order valence-electron chi connectivity index (χ0n) is 6.29. The molecule has 0 unspecified atom stereocenters. The molecule has 0 aliphatic carbocycles. The lowest BCUT2D eigenvalue weighted by Gasteiger charge is -1.92. The number of fused-ring (bicyclic) bond motifs is 1. The first kappa shape index (κ1) is 6.40. The van der Waals surface area contributed by atoms with Crippen molar-refractivity contribution < 1.29 is 4.42 Å². The largest absolute Gasteiger partial charge is 0.443 e. The highest BCUT2D eigenvalue weighted by molar-refractivity contribution is 5.71. The van der Waals surface area contributed by atoms with E-state index in [0.29, 0.717) is 0 Å². The molecule has 1 radical (unpaired) electrons. The number of rotatable bonds is 1. The van der Waals surface area contributed by atoms with Gasteiger partial charge in [0, 0.05) is 6.07 Å². The molecule has 0 amide bonds. The molecule has 11 heavy (non-hydrogen) atoms. The molecule has 2 aromatic rings. The summed E-state index contributed by atoms with van der Waals surface area (Å²) in [5.74, 6) is 0. The number of nitrogens with zero attached hydrogens (tertiary/aromatic N) is 1. The highest BCUT2D eigenvalue weighted by atomic mass is 16.3. The third kappa shape index (κ3) is 1.00. The lowest BCUT2D eigenvalue weighted by atomic mass is 10.2. The Morgan fingerprint density at radius 1 is 1.64 bits per heavy atom. The van der Waals surface area contributed by atoms with E-state index in [1.807, 2.05) is 12.1 Å². The second-order valence-electron chi connectivity index (χ2n) is 2.43. The SMILES string of the molecule is CCc1c[c]c2ncoc2c1. The van der Waals surface area contributed by atoms with Crippen LogP contribution in [0.1, 0.15) is 12.5 Å². The normalized spacial score (nSPS) is 10.6. The fourth-order valence-corrected chi connectivity index (χ4v) is 1.04. The number of benzene rings is 1. The first-order valence-corrected chi connectivity index (χ1v) is 3.64. The molecule has 0 fully saturated rings. The molecule has 0 saturated heterocycles. The average Bonchev–Trinajstić information content (AvgIpc) is 2.50. The quantitative estimate of drug-likeness (QED) is 0.616. The lowest BCUT2D eigenvalue weighted by Crippen LogP contribution is -1.77. The molecule has 0 aliphatic rings. The second kappa shape index (κ2) is 2.38. The fraction of sp³-hybridized carbons (Fsp3) is 0.222. The van der Waals surface area contributed by atoms with Crippen molar-refractivity contribution >= 4 is 11.1 Å². The molecular formula is C9H8NO. The minimum absolute atomic E-state index is 0.808. The Labute approximate surface area is 64.9 Å². The van der Waals surface area contributed by atoms with Gasteiger partial charge in [-0.05, 0) is 24.1 Å². The van der Waals surface area contributed by atoms with Crippen LogP contribution >= 0.6 is 0 Å². The molecule has 2 nitrogen and oxygen atoms in total. The molecule has 1 heterocycles. The van der Waals surface area contributed by atoms with Crippen LogP contribution in [-0.2, 0) is 6.42 Å². The Morgan fingerprint density at radius 3 is 3.36 bits per heavy atom. The Morgan fingerprint density at radius 2 is 2.55 bits per heavy atom. The van der Waals surface area contributed by atoms with Crippen LogP contribution in [0, 0.1) is 6.07 Å². The standard InChI is InChI=1S/C9H8NO/c1-2-7-3-4-8-9(5-7)11-6-10-8/h3,5-6H,2H2,1H3. The van der Waals surface area contributed by atoms with E-state index in [9.17, 15) is 0 Å². The van der Waals surface area contributed by atoms with Gasteiger partial charge in [0.25, 0.3) is 0 Å². The molecule has 0 spiro atoms. The van der Waals surface area contributed by atoms with E-state index < -0.39 is 0 Å². The smallest absolute Gasteiger partial charge is 0.182 e. The average molecular weight is 146 g/mol. The number of aryl methyl sites for hydroxylation is 1. The third-order valence-corrected chi connectivity index (χ3v) is 1.71. The van der Waals surface area contributed by atoms with Crippen molar-refractivity contribution in [3.63, 3.8) is 0 Å². The molecule has 0 atom stereocenters. The number of hydrogen-bond acceptors (Lipinski definition) is 2. The van der Waals surface area contributed by atoms with E-state index in [1.54, 1.807) is 0 Å². The van der Waals surface area contributed by atoms with Gasteiger partial charge in [-0.15, -0.1) is 0 Å². The predicted octanol–water partition coefficient (Wildman–Crippen LogP) is 2.19. The Bertz CT molecular complexity index is 364. The van der Waals surface area contributed by atoms with E-state index in [0.717, 1.165) is 17.5 Å². The zero-order chi connectivity index (χ0) is 7.68. The highest BCUT2D eigenvalue weighted by Gasteiger charge is 1.97. The summed E-state index contributed by atoms with van der Waals surface area (Å²) in [6.07, 6.45) is 2.45. The molecule has 0 N–H and O–H groups in total. The predicted molar refractivity (Wildman–Crippen MR) is 42.2 cm³/mol. The van der Waals surface area contributed by atoms with Gasteiger partial charge < -0.3 is 4.42 Å². The number of aromatic nitrogens is 1. The minimum atomic E-state index is 0.808. The van der Waals surface area contributed by atoms with Crippen LogP contribution in [0.4, 0.5) is 0 Å². The molecule has 1 aromatic carbocycles. The van der Waals surface area contributed by atoms with Gasteiger partial charge in [-0.3, -0.25) is 0 Å². The van der Waals surface area contributed by atoms with Gasteiger partial charge in [0.05, 0.1) is 0 Å². The summed E-state index contributed by atoms with van der Waals surface area (Å²) in [6.45, 7) is 2.10. The van der Waals surface area contributed by atoms with Crippen molar-refractivity contribution in [2.45, 2.75) is 13.3 Å². The maximum atomic E-state index is 5.12. The maximum Gasteiger partial charge on any atom is 0.182 e. The van der Waals surface area contributed by atoms with Crippen molar-refractivity contribution in [2.24, 2.45) is 0 Å².